The van der Waals surface area contributed by atoms with Crippen LogP contribution in [0.5, 0.6) is 0 Å². The maximum absolute atomic E-state index is 6.17. The summed E-state index contributed by atoms with van der Waals surface area (Å²) >= 11 is 0. The zero-order valence-corrected chi connectivity index (χ0v) is 12.4. The first kappa shape index (κ1) is 14.3. The van der Waals surface area contributed by atoms with Crippen LogP contribution >= 0.6 is 0 Å². The predicted molar refractivity (Wildman–Crippen MR) is 77.7 cm³/mol. The molecule has 3 heteroatoms. The van der Waals surface area contributed by atoms with Crippen LogP contribution in [0.3, 0.4) is 0 Å². The lowest BCUT2D eigenvalue weighted by atomic mass is 9.96. The number of piperidine rings is 1. The molecule has 0 aromatic carbocycles. The normalized spacial score (nSPS) is 32.5. The Labute approximate surface area is 113 Å². The molecule has 3 unspecified atom stereocenters. The van der Waals surface area contributed by atoms with Gasteiger partial charge in [0.25, 0.3) is 0 Å². The summed E-state index contributed by atoms with van der Waals surface area (Å²) in [5, 5.41) is 0. The molecule has 0 aromatic rings. The fraction of sp³-hybridized carbons (Fsp3) is 1.00. The summed E-state index contributed by atoms with van der Waals surface area (Å²) < 4.78 is 0. The van der Waals surface area contributed by atoms with E-state index < -0.39 is 0 Å². The van der Waals surface area contributed by atoms with Crippen molar-refractivity contribution in [2.75, 3.05) is 26.2 Å². The van der Waals surface area contributed by atoms with E-state index in [0.717, 1.165) is 12.5 Å². The highest BCUT2D eigenvalue weighted by atomic mass is 15.3. The van der Waals surface area contributed by atoms with Crippen LogP contribution in [-0.4, -0.2) is 54.1 Å². The van der Waals surface area contributed by atoms with E-state index in [4.69, 9.17) is 5.73 Å². The van der Waals surface area contributed by atoms with Crippen molar-refractivity contribution >= 4 is 0 Å². The Morgan fingerprint density at radius 1 is 1.22 bits per heavy atom. The lowest BCUT2D eigenvalue weighted by Crippen LogP contribution is -2.59. The van der Waals surface area contributed by atoms with Crippen molar-refractivity contribution in [1.82, 2.24) is 9.80 Å². The second kappa shape index (κ2) is 6.36. The van der Waals surface area contributed by atoms with Gasteiger partial charge < -0.3 is 5.73 Å². The van der Waals surface area contributed by atoms with Crippen LogP contribution in [0.2, 0.25) is 0 Å². The van der Waals surface area contributed by atoms with E-state index in [9.17, 15) is 0 Å². The molecule has 106 valence electrons. The van der Waals surface area contributed by atoms with E-state index in [1.54, 1.807) is 0 Å². The molecule has 2 rings (SSSR count). The second-order valence-electron chi connectivity index (χ2n) is 6.69. The summed E-state index contributed by atoms with van der Waals surface area (Å²) in [7, 11) is 0. The average molecular weight is 253 g/mol. The van der Waals surface area contributed by atoms with Gasteiger partial charge in [0.2, 0.25) is 0 Å². The molecule has 0 aromatic heterocycles. The van der Waals surface area contributed by atoms with Gasteiger partial charge in [0.05, 0.1) is 0 Å². The summed E-state index contributed by atoms with van der Waals surface area (Å²) in [5.41, 5.74) is 6.17. The summed E-state index contributed by atoms with van der Waals surface area (Å²) in [4.78, 5) is 5.39. The summed E-state index contributed by atoms with van der Waals surface area (Å²) in [6, 6.07) is 1.89. The van der Waals surface area contributed by atoms with E-state index in [2.05, 4.69) is 30.6 Å². The first-order chi connectivity index (χ1) is 8.58. The molecule has 3 nitrogen and oxygen atoms in total. The third kappa shape index (κ3) is 3.46. The van der Waals surface area contributed by atoms with Gasteiger partial charge in [0.15, 0.2) is 0 Å². The van der Waals surface area contributed by atoms with Gasteiger partial charge in [-0.1, -0.05) is 20.3 Å². The summed E-state index contributed by atoms with van der Waals surface area (Å²) in [6.07, 6.45) is 5.38. The molecule has 2 aliphatic heterocycles. The first-order valence-electron chi connectivity index (χ1n) is 7.81. The molecule has 0 aliphatic carbocycles. The van der Waals surface area contributed by atoms with E-state index >= 15 is 0 Å². The zero-order valence-electron chi connectivity index (χ0n) is 12.4. The van der Waals surface area contributed by atoms with Gasteiger partial charge in [0, 0.05) is 37.8 Å². The van der Waals surface area contributed by atoms with Crippen molar-refractivity contribution in [2.24, 2.45) is 11.7 Å². The maximum Gasteiger partial charge on any atom is 0.0223 e. The van der Waals surface area contributed by atoms with E-state index in [-0.39, 0.29) is 0 Å². The fourth-order valence-electron chi connectivity index (χ4n) is 3.37. The van der Waals surface area contributed by atoms with Gasteiger partial charge in [-0.15, -0.1) is 0 Å². The molecule has 2 saturated heterocycles. The molecule has 3 atom stereocenters. The van der Waals surface area contributed by atoms with Gasteiger partial charge in [0.1, 0.15) is 0 Å². The largest absolute Gasteiger partial charge is 0.327 e. The minimum atomic E-state index is 0.363. The number of piperazine rings is 1. The highest BCUT2D eigenvalue weighted by Gasteiger charge is 2.32. The highest BCUT2D eigenvalue weighted by molar-refractivity contribution is 4.89. The van der Waals surface area contributed by atoms with Crippen molar-refractivity contribution in [1.29, 1.82) is 0 Å². The van der Waals surface area contributed by atoms with Gasteiger partial charge in [-0.3, -0.25) is 9.80 Å². The molecule has 0 radical (unpaired) electrons. The fourth-order valence-corrected chi connectivity index (χ4v) is 3.37. The molecule has 2 N–H and O–H groups in total. The number of rotatable bonds is 4. The summed E-state index contributed by atoms with van der Waals surface area (Å²) in [5.74, 6) is 0.608. The van der Waals surface area contributed by atoms with Crippen molar-refractivity contribution in [2.45, 2.75) is 64.6 Å². The van der Waals surface area contributed by atoms with Gasteiger partial charge >= 0.3 is 0 Å². The molecule has 2 fully saturated rings. The Morgan fingerprint density at radius 2 is 2.00 bits per heavy atom. The Bertz CT molecular complexity index is 254. The molecular formula is C15H31N3. The van der Waals surface area contributed by atoms with Crippen LogP contribution in [-0.2, 0) is 0 Å². The topological polar surface area (TPSA) is 32.5 Å². The minimum Gasteiger partial charge on any atom is -0.327 e. The highest BCUT2D eigenvalue weighted by Crippen LogP contribution is 2.24. The second-order valence-corrected chi connectivity index (χ2v) is 6.69. The van der Waals surface area contributed by atoms with Crippen molar-refractivity contribution in [3.8, 4) is 0 Å². The van der Waals surface area contributed by atoms with Gasteiger partial charge in [-0.25, -0.2) is 0 Å². The van der Waals surface area contributed by atoms with Crippen LogP contribution in [0, 0.1) is 5.92 Å². The molecule has 0 bridgehead atoms. The molecule has 18 heavy (non-hydrogen) atoms. The number of fused-ring (bicyclic) bond motifs is 1. The number of hydrogen-bond acceptors (Lipinski definition) is 3. The number of nitrogens with zero attached hydrogens (tertiary/aromatic N) is 2. The van der Waals surface area contributed by atoms with E-state index in [1.807, 2.05) is 0 Å². The standard InChI is InChI=1S/C15H31N3/c1-12(2)15(16)7-9-17-11-14-6-4-5-8-18(14)10-13(17)3/h12-15H,4-11,16H2,1-3H3. The van der Waals surface area contributed by atoms with Crippen molar-refractivity contribution in [3.05, 3.63) is 0 Å². The van der Waals surface area contributed by atoms with Crippen LogP contribution < -0.4 is 5.73 Å². The van der Waals surface area contributed by atoms with Gasteiger partial charge in [-0.2, -0.15) is 0 Å². The Kier molecular flexibility index (Phi) is 5.05. The summed E-state index contributed by atoms with van der Waals surface area (Å²) in [6.45, 7) is 11.9. The van der Waals surface area contributed by atoms with Crippen LogP contribution in [0.15, 0.2) is 0 Å². The SMILES string of the molecule is CC(C)C(N)CCN1CC2CCCCN2CC1C. The van der Waals surface area contributed by atoms with Crippen molar-refractivity contribution < 1.29 is 0 Å². The molecule has 2 aliphatic rings. The predicted octanol–water partition coefficient (Wildman–Crippen LogP) is 1.92. The number of hydrogen-bond donors (Lipinski definition) is 1. The zero-order chi connectivity index (χ0) is 13.1. The monoisotopic (exact) mass is 253 g/mol. The minimum absolute atomic E-state index is 0.363. The van der Waals surface area contributed by atoms with Crippen LogP contribution in [0.1, 0.15) is 46.5 Å². The molecule has 0 saturated carbocycles. The Morgan fingerprint density at radius 3 is 2.72 bits per heavy atom. The molecular weight excluding hydrogens is 222 g/mol. The average Bonchev–Trinajstić information content (AvgIpc) is 2.35. The first-order valence-corrected chi connectivity index (χ1v) is 7.81. The quantitative estimate of drug-likeness (QED) is 0.831. The Hall–Kier alpha value is -0.120. The molecule has 0 spiro atoms. The lowest BCUT2D eigenvalue weighted by Gasteiger charge is -2.47. The Balaban J connectivity index is 1.81. The van der Waals surface area contributed by atoms with Crippen LogP contribution in [0.4, 0.5) is 0 Å². The lowest BCUT2D eigenvalue weighted by molar-refractivity contribution is 0.0136. The van der Waals surface area contributed by atoms with Crippen molar-refractivity contribution in [3.63, 3.8) is 0 Å². The van der Waals surface area contributed by atoms with Crippen LogP contribution in [0.25, 0.3) is 0 Å². The molecule has 2 heterocycles. The van der Waals surface area contributed by atoms with Gasteiger partial charge in [-0.05, 0) is 38.6 Å². The number of nitrogens with two attached hydrogens (primary N) is 1. The maximum atomic E-state index is 6.17. The smallest absolute Gasteiger partial charge is 0.0223 e. The third-order valence-corrected chi connectivity index (χ3v) is 4.92. The molecule has 0 amide bonds. The third-order valence-electron chi connectivity index (χ3n) is 4.92. The van der Waals surface area contributed by atoms with E-state index in [1.165, 1.54) is 45.4 Å². The van der Waals surface area contributed by atoms with E-state index in [0.29, 0.717) is 18.0 Å².